The summed E-state index contributed by atoms with van der Waals surface area (Å²) < 4.78 is 1.79. The van der Waals surface area contributed by atoms with Crippen molar-refractivity contribution < 1.29 is 9.72 Å². The number of hydrogen-bond donors (Lipinski definition) is 0. The lowest BCUT2D eigenvalue weighted by molar-refractivity contribution is -0.385. The Bertz CT molecular complexity index is 696. The van der Waals surface area contributed by atoms with Crippen molar-refractivity contribution >= 4 is 23.2 Å². The minimum Gasteiger partial charge on any atom is -0.309 e. The fraction of sp³-hybridized carbons (Fsp3) is 0.250. The molecule has 8 heteroatoms. The zero-order valence-corrected chi connectivity index (χ0v) is 12.0. The maximum Gasteiger partial charge on any atom is 0.281 e. The van der Waals surface area contributed by atoms with Crippen LogP contribution in [-0.4, -0.2) is 25.5 Å². The van der Waals surface area contributed by atoms with Gasteiger partial charge < -0.3 is 4.57 Å². The maximum absolute atomic E-state index is 11.4. The number of aryl methyl sites for hydroxylation is 1. The van der Waals surface area contributed by atoms with E-state index in [2.05, 4.69) is 10.2 Å². The van der Waals surface area contributed by atoms with E-state index in [9.17, 15) is 14.9 Å². The molecule has 0 spiro atoms. The van der Waals surface area contributed by atoms with Crippen molar-refractivity contribution in [2.24, 2.45) is 7.05 Å². The molecule has 0 radical (unpaired) electrons. The van der Waals surface area contributed by atoms with Gasteiger partial charge in [-0.3, -0.25) is 14.9 Å². The summed E-state index contributed by atoms with van der Waals surface area (Å²) in [5.74, 6) is 0.421. The molecule has 1 heterocycles. The van der Waals surface area contributed by atoms with Crippen molar-refractivity contribution in [1.29, 1.82) is 0 Å². The number of nitrogens with zero attached hydrogens (tertiary/aromatic N) is 4. The normalized spacial score (nSPS) is 10.6. The molecule has 1 aromatic carbocycles. The van der Waals surface area contributed by atoms with Crippen molar-refractivity contribution in [3.63, 3.8) is 0 Å². The first-order chi connectivity index (χ1) is 9.40. The third-order valence-electron chi connectivity index (χ3n) is 2.81. The van der Waals surface area contributed by atoms with E-state index < -0.39 is 4.92 Å². The van der Waals surface area contributed by atoms with Crippen LogP contribution in [0.5, 0.6) is 0 Å². The number of rotatable bonds is 4. The highest BCUT2D eigenvalue weighted by atomic mass is 32.2. The lowest BCUT2D eigenvalue weighted by Gasteiger charge is -2.04. The van der Waals surface area contributed by atoms with E-state index in [1.165, 1.54) is 30.8 Å². The van der Waals surface area contributed by atoms with Crippen LogP contribution in [0.1, 0.15) is 23.1 Å². The summed E-state index contributed by atoms with van der Waals surface area (Å²) in [6, 6.07) is 4.51. The third kappa shape index (κ3) is 2.69. The van der Waals surface area contributed by atoms with Gasteiger partial charge in [-0.15, -0.1) is 10.2 Å². The average Bonchev–Trinajstić information content (AvgIpc) is 2.70. The first-order valence-electron chi connectivity index (χ1n) is 5.73. The smallest absolute Gasteiger partial charge is 0.281 e. The van der Waals surface area contributed by atoms with Crippen LogP contribution in [0.25, 0.3) is 0 Å². The maximum atomic E-state index is 11.4. The molecular weight excluding hydrogens is 280 g/mol. The van der Waals surface area contributed by atoms with Crippen molar-refractivity contribution in [2.45, 2.75) is 23.9 Å². The van der Waals surface area contributed by atoms with E-state index in [1.54, 1.807) is 10.6 Å². The summed E-state index contributed by atoms with van der Waals surface area (Å²) in [5.41, 5.74) is -0.0881. The van der Waals surface area contributed by atoms with Gasteiger partial charge in [0.25, 0.3) is 5.69 Å². The molecule has 20 heavy (non-hydrogen) atoms. The van der Waals surface area contributed by atoms with E-state index in [-0.39, 0.29) is 17.0 Å². The van der Waals surface area contributed by atoms with Gasteiger partial charge in [0, 0.05) is 18.0 Å². The fourth-order valence-electron chi connectivity index (χ4n) is 1.61. The Labute approximate surface area is 119 Å². The molecular formula is C12H12N4O3S. The van der Waals surface area contributed by atoms with Crippen LogP contribution in [0.3, 0.4) is 0 Å². The number of nitro benzene ring substituents is 1. The quantitative estimate of drug-likeness (QED) is 0.488. The molecule has 104 valence electrons. The summed E-state index contributed by atoms with van der Waals surface area (Å²) in [6.45, 7) is 3.12. The van der Waals surface area contributed by atoms with Crippen LogP contribution in [0.4, 0.5) is 5.69 Å². The number of nitro groups is 1. The standard InChI is InChI=1S/C12H12N4O3S/c1-7(17)10-5-4-9(6-11(10)16(18)19)20-12-14-13-8(2)15(12)3/h4-6H,1-3H3. The molecule has 2 rings (SSSR count). The van der Waals surface area contributed by atoms with E-state index in [0.29, 0.717) is 10.1 Å². The molecule has 2 aromatic rings. The molecule has 0 amide bonds. The molecule has 0 fully saturated rings. The van der Waals surface area contributed by atoms with Crippen molar-refractivity contribution in [3.8, 4) is 0 Å². The number of carbonyl (C=O) groups is 1. The Balaban J connectivity index is 2.39. The number of benzene rings is 1. The second-order valence-electron chi connectivity index (χ2n) is 4.18. The molecule has 0 N–H and O–H groups in total. The van der Waals surface area contributed by atoms with E-state index in [4.69, 9.17) is 0 Å². The van der Waals surface area contributed by atoms with Crippen LogP contribution in [0.2, 0.25) is 0 Å². The largest absolute Gasteiger partial charge is 0.309 e. The minimum absolute atomic E-state index is 0.105. The predicted molar refractivity (Wildman–Crippen MR) is 73.0 cm³/mol. The Kier molecular flexibility index (Phi) is 3.84. The SMILES string of the molecule is CC(=O)c1ccc(Sc2nnc(C)n2C)cc1[N+](=O)[O-]. The van der Waals surface area contributed by atoms with E-state index in [1.807, 2.05) is 14.0 Å². The highest BCUT2D eigenvalue weighted by molar-refractivity contribution is 7.99. The molecule has 0 aliphatic carbocycles. The van der Waals surface area contributed by atoms with Gasteiger partial charge in [0.05, 0.1) is 10.5 Å². The van der Waals surface area contributed by atoms with Crippen LogP contribution < -0.4 is 0 Å². The number of Topliss-reactive ketones (excluding diaryl/α,β-unsaturated/α-hetero) is 1. The van der Waals surface area contributed by atoms with Gasteiger partial charge in [0.2, 0.25) is 0 Å². The van der Waals surface area contributed by atoms with Gasteiger partial charge in [-0.1, -0.05) is 0 Å². The summed E-state index contributed by atoms with van der Waals surface area (Å²) in [4.78, 5) is 22.5. The predicted octanol–water partition coefficient (Wildman–Crippen LogP) is 2.39. The van der Waals surface area contributed by atoms with Crippen LogP contribution in [0, 0.1) is 17.0 Å². The van der Waals surface area contributed by atoms with Gasteiger partial charge in [-0.05, 0) is 37.7 Å². The molecule has 0 bridgehead atoms. The summed E-state index contributed by atoms with van der Waals surface area (Å²) in [6.07, 6.45) is 0. The summed E-state index contributed by atoms with van der Waals surface area (Å²) in [7, 11) is 1.82. The molecule has 0 saturated carbocycles. The first-order valence-corrected chi connectivity index (χ1v) is 6.55. The molecule has 0 atom stereocenters. The summed E-state index contributed by atoms with van der Waals surface area (Å²) >= 11 is 1.26. The highest BCUT2D eigenvalue weighted by Crippen LogP contribution is 2.31. The second kappa shape index (κ2) is 5.41. The van der Waals surface area contributed by atoms with Gasteiger partial charge in [0.15, 0.2) is 10.9 Å². The van der Waals surface area contributed by atoms with Crippen LogP contribution in [0.15, 0.2) is 28.3 Å². The second-order valence-corrected chi connectivity index (χ2v) is 5.22. The summed E-state index contributed by atoms with van der Waals surface area (Å²) in [5, 5.41) is 19.5. The number of aromatic nitrogens is 3. The monoisotopic (exact) mass is 292 g/mol. The van der Waals surface area contributed by atoms with Gasteiger partial charge in [0.1, 0.15) is 5.82 Å². The number of hydrogen-bond acceptors (Lipinski definition) is 6. The van der Waals surface area contributed by atoms with Gasteiger partial charge in [-0.2, -0.15) is 0 Å². The first kappa shape index (κ1) is 14.2. The lowest BCUT2D eigenvalue weighted by atomic mass is 10.1. The van der Waals surface area contributed by atoms with E-state index in [0.717, 1.165) is 5.82 Å². The molecule has 0 aliphatic rings. The third-order valence-corrected chi connectivity index (χ3v) is 3.83. The topological polar surface area (TPSA) is 90.9 Å². The molecule has 0 aliphatic heterocycles. The Hall–Kier alpha value is -2.22. The Morgan fingerprint density at radius 3 is 2.60 bits per heavy atom. The molecule has 1 aromatic heterocycles. The number of ketones is 1. The zero-order valence-electron chi connectivity index (χ0n) is 11.2. The van der Waals surface area contributed by atoms with Crippen molar-refractivity contribution in [3.05, 3.63) is 39.7 Å². The lowest BCUT2D eigenvalue weighted by Crippen LogP contribution is -2.00. The van der Waals surface area contributed by atoms with E-state index >= 15 is 0 Å². The fourth-order valence-corrected chi connectivity index (χ4v) is 2.47. The number of carbonyl (C=O) groups excluding carboxylic acids is 1. The van der Waals surface area contributed by atoms with Crippen molar-refractivity contribution in [2.75, 3.05) is 0 Å². The van der Waals surface area contributed by atoms with Crippen molar-refractivity contribution in [1.82, 2.24) is 14.8 Å². The Morgan fingerprint density at radius 1 is 1.40 bits per heavy atom. The molecule has 0 saturated heterocycles. The average molecular weight is 292 g/mol. The van der Waals surface area contributed by atoms with Gasteiger partial charge >= 0.3 is 0 Å². The highest BCUT2D eigenvalue weighted by Gasteiger charge is 2.19. The molecule has 7 nitrogen and oxygen atoms in total. The zero-order chi connectivity index (χ0) is 14.9. The van der Waals surface area contributed by atoms with Gasteiger partial charge in [-0.25, -0.2) is 0 Å². The van der Waals surface area contributed by atoms with Crippen LogP contribution in [-0.2, 0) is 7.05 Å². The Morgan fingerprint density at radius 2 is 2.10 bits per heavy atom. The molecule has 0 unspecified atom stereocenters. The minimum atomic E-state index is -0.553. The van der Waals surface area contributed by atoms with Crippen LogP contribution >= 0.6 is 11.8 Å².